The highest BCUT2D eigenvalue weighted by atomic mass is 16.5. The summed E-state index contributed by atoms with van der Waals surface area (Å²) in [6.07, 6.45) is 5.51. The Morgan fingerprint density at radius 1 is 1.11 bits per heavy atom. The van der Waals surface area contributed by atoms with E-state index in [0.29, 0.717) is 0 Å². The predicted octanol–water partition coefficient (Wildman–Crippen LogP) is 0.783. The lowest BCUT2D eigenvalue weighted by Crippen LogP contribution is -2.46. The van der Waals surface area contributed by atoms with Crippen molar-refractivity contribution in [1.29, 1.82) is 0 Å². The molecule has 1 N–H and O–H groups in total. The summed E-state index contributed by atoms with van der Waals surface area (Å²) in [7, 11) is 2.06. The van der Waals surface area contributed by atoms with Gasteiger partial charge in [0.2, 0.25) is 0 Å². The average molecular weight is 255 g/mol. The monoisotopic (exact) mass is 255 g/mol. The van der Waals surface area contributed by atoms with Crippen LogP contribution in [0.1, 0.15) is 25.7 Å². The van der Waals surface area contributed by atoms with Crippen LogP contribution in [0.3, 0.4) is 0 Å². The van der Waals surface area contributed by atoms with Crippen molar-refractivity contribution in [3.8, 4) is 0 Å². The first-order valence-corrected chi connectivity index (χ1v) is 7.59. The summed E-state index contributed by atoms with van der Waals surface area (Å²) in [6.45, 7) is 9.00. The number of nitrogens with one attached hydrogen (secondary N) is 1. The molecule has 0 aromatic heterocycles. The SMILES string of the molecule is CNCCC1CCCCN1CCN1CCOCC1. The van der Waals surface area contributed by atoms with Gasteiger partial charge in [-0.15, -0.1) is 0 Å². The van der Waals surface area contributed by atoms with Crippen LogP contribution in [0, 0.1) is 0 Å². The van der Waals surface area contributed by atoms with Gasteiger partial charge in [0.15, 0.2) is 0 Å². The van der Waals surface area contributed by atoms with Crippen LogP contribution in [0.15, 0.2) is 0 Å². The molecule has 1 unspecified atom stereocenters. The molecule has 106 valence electrons. The number of nitrogens with zero attached hydrogens (tertiary/aromatic N) is 2. The molecule has 0 bridgehead atoms. The van der Waals surface area contributed by atoms with Crippen LogP contribution in [-0.4, -0.2) is 75.4 Å². The summed E-state index contributed by atoms with van der Waals surface area (Å²) in [5.74, 6) is 0. The van der Waals surface area contributed by atoms with E-state index < -0.39 is 0 Å². The van der Waals surface area contributed by atoms with E-state index in [0.717, 1.165) is 38.9 Å². The van der Waals surface area contributed by atoms with Crippen molar-refractivity contribution >= 4 is 0 Å². The van der Waals surface area contributed by atoms with Crippen LogP contribution in [-0.2, 0) is 4.74 Å². The Hall–Kier alpha value is -0.160. The Bertz CT molecular complexity index is 219. The van der Waals surface area contributed by atoms with E-state index in [2.05, 4.69) is 22.2 Å². The molecule has 2 fully saturated rings. The lowest BCUT2D eigenvalue weighted by molar-refractivity contribution is 0.0279. The van der Waals surface area contributed by atoms with Gasteiger partial charge < -0.3 is 10.1 Å². The first-order chi connectivity index (χ1) is 8.90. The molecule has 4 heteroatoms. The largest absolute Gasteiger partial charge is 0.379 e. The second-order valence-corrected chi connectivity index (χ2v) is 5.53. The van der Waals surface area contributed by atoms with Gasteiger partial charge in [0.25, 0.3) is 0 Å². The third-order valence-electron chi connectivity index (χ3n) is 4.28. The Morgan fingerprint density at radius 2 is 1.94 bits per heavy atom. The number of hydrogen-bond donors (Lipinski definition) is 1. The molecule has 2 saturated heterocycles. The maximum atomic E-state index is 5.40. The van der Waals surface area contributed by atoms with Gasteiger partial charge in [0.1, 0.15) is 0 Å². The van der Waals surface area contributed by atoms with Gasteiger partial charge in [-0.05, 0) is 39.4 Å². The molecule has 18 heavy (non-hydrogen) atoms. The number of ether oxygens (including phenoxy) is 1. The maximum absolute atomic E-state index is 5.40. The fourth-order valence-corrected chi connectivity index (χ4v) is 3.09. The lowest BCUT2D eigenvalue weighted by Gasteiger charge is -2.37. The summed E-state index contributed by atoms with van der Waals surface area (Å²) >= 11 is 0. The Kier molecular flexibility index (Phi) is 6.41. The third-order valence-corrected chi connectivity index (χ3v) is 4.28. The molecule has 2 aliphatic heterocycles. The summed E-state index contributed by atoms with van der Waals surface area (Å²) in [4.78, 5) is 5.27. The molecule has 4 nitrogen and oxygen atoms in total. The summed E-state index contributed by atoms with van der Waals surface area (Å²) < 4.78 is 5.40. The standard InChI is InChI=1S/C14H29N3O/c1-15-6-5-14-4-2-3-7-17(14)9-8-16-10-12-18-13-11-16/h14-15H,2-13H2,1H3. The Labute approximate surface area is 112 Å². The maximum Gasteiger partial charge on any atom is 0.0594 e. The molecule has 1 atom stereocenters. The van der Waals surface area contributed by atoms with Crippen LogP contribution < -0.4 is 5.32 Å². The molecule has 0 radical (unpaired) electrons. The Balaban J connectivity index is 1.70. The van der Waals surface area contributed by atoms with Crippen LogP contribution in [0.4, 0.5) is 0 Å². The van der Waals surface area contributed by atoms with Crippen molar-refractivity contribution in [3.63, 3.8) is 0 Å². The average Bonchev–Trinajstić information content (AvgIpc) is 2.45. The minimum Gasteiger partial charge on any atom is -0.379 e. The molecule has 0 aliphatic carbocycles. The number of hydrogen-bond acceptors (Lipinski definition) is 4. The first kappa shape index (κ1) is 14.3. The van der Waals surface area contributed by atoms with E-state index in [4.69, 9.17) is 4.74 Å². The minimum atomic E-state index is 0.812. The van der Waals surface area contributed by atoms with Crippen LogP contribution in [0.2, 0.25) is 0 Å². The van der Waals surface area contributed by atoms with Gasteiger partial charge in [-0.25, -0.2) is 0 Å². The topological polar surface area (TPSA) is 27.7 Å². The highest BCUT2D eigenvalue weighted by Gasteiger charge is 2.22. The summed E-state index contributed by atoms with van der Waals surface area (Å²) in [5.41, 5.74) is 0. The van der Waals surface area contributed by atoms with Gasteiger partial charge in [-0.1, -0.05) is 6.42 Å². The number of likely N-dealkylation sites (tertiary alicyclic amines) is 1. The zero-order chi connectivity index (χ0) is 12.6. The molecule has 0 aromatic carbocycles. The molecule has 0 saturated carbocycles. The van der Waals surface area contributed by atoms with Crippen LogP contribution >= 0.6 is 0 Å². The molecular weight excluding hydrogens is 226 g/mol. The van der Waals surface area contributed by atoms with E-state index >= 15 is 0 Å². The number of morpholine rings is 1. The van der Waals surface area contributed by atoms with Crippen molar-refractivity contribution < 1.29 is 4.74 Å². The highest BCUT2D eigenvalue weighted by Crippen LogP contribution is 2.19. The summed E-state index contributed by atoms with van der Waals surface area (Å²) in [6, 6.07) is 0.812. The molecule has 0 spiro atoms. The smallest absolute Gasteiger partial charge is 0.0594 e. The first-order valence-electron chi connectivity index (χ1n) is 7.59. The number of piperidine rings is 1. The van der Waals surface area contributed by atoms with E-state index in [-0.39, 0.29) is 0 Å². The van der Waals surface area contributed by atoms with Crippen molar-refractivity contribution in [2.75, 3.05) is 59.5 Å². The van der Waals surface area contributed by atoms with Crippen molar-refractivity contribution in [2.24, 2.45) is 0 Å². The van der Waals surface area contributed by atoms with Crippen molar-refractivity contribution in [2.45, 2.75) is 31.7 Å². The van der Waals surface area contributed by atoms with Gasteiger partial charge in [-0.2, -0.15) is 0 Å². The second-order valence-electron chi connectivity index (χ2n) is 5.53. The fraction of sp³-hybridized carbons (Fsp3) is 1.00. The lowest BCUT2D eigenvalue weighted by atomic mass is 9.99. The number of rotatable bonds is 6. The summed E-state index contributed by atoms with van der Waals surface area (Å²) in [5, 5.41) is 3.29. The predicted molar refractivity (Wildman–Crippen MR) is 75.0 cm³/mol. The highest BCUT2D eigenvalue weighted by molar-refractivity contribution is 4.78. The van der Waals surface area contributed by atoms with E-state index in [1.54, 1.807) is 0 Å². The third kappa shape index (κ3) is 4.50. The Morgan fingerprint density at radius 3 is 2.72 bits per heavy atom. The molecular formula is C14H29N3O. The minimum absolute atomic E-state index is 0.812. The quantitative estimate of drug-likeness (QED) is 0.759. The van der Waals surface area contributed by atoms with Crippen molar-refractivity contribution in [3.05, 3.63) is 0 Å². The van der Waals surface area contributed by atoms with Gasteiger partial charge >= 0.3 is 0 Å². The molecule has 2 heterocycles. The van der Waals surface area contributed by atoms with Crippen LogP contribution in [0.25, 0.3) is 0 Å². The van der Waals surface area contributed by atoms with Gasteiger partial charge in [0, 0.05) is 32.2 Å². The molecule has 0 aromatic rings. The van der Waals surface area contributed by atoms with E-state index in [1.807, 2.05) is 0 Å². The molecule has 2 aliphatic rings. The normalized spacial score (nSPS) is 27.5. The second kappa shape index (κ2) is 8.10. The fourth-order valence-electron chi connectivity index (χ4n) is 3.09. The van der Waals surface area contributed by atoms with Gasteiger partial charge in [-0.3, -0.25) is 9.80 Å². The van der Waals surface area contributed by atoms with E-state index in [9.17, 15) is 0 Å². The zero-order valence-electron chi connectivity index (χ0n) is 11.9. The molecule has 0 amide bonds. The molecule has 2 rings (SSSR count). The van der Waals surface area contributed by atoms with Crippen molar-refractivity contribution in [1.82, 2.24) is 15.1 Å². The van der Waals surface area contributed by atoms with Gasteiger partial charge in [0.05, 0.1) is 13.2 Å². The zero-order valence-corrected chi connectivity index (χ0v) is 11.9. The van der Waals surface area contributed by atoms with E-state index in [1.165, 1.54) is 45.3 Å². The van der Waals surface area contributed by atoms with Crippen LogP contribution in [0.5, 0.6) is 0 Å².